The lowest BCUT2D eigenvalue weighted by Gasteiger charge is -2.23. The fourth-order valence-corrected chi connectivity index (χ4v) is 4.93. The van der Waals surface area contributed by atoms with Gasteiger partial charge < -0.3 is 4.74 Å². The van der Waals surface area contributed by atoms with Gasteiger partial charge in [-0.2, -0.15) is 0 Å². The van der Waals surface area contributed by atoms with E-state index in [0.29, 0.717) is 12.1 Å². The van der Waals surface area contributed by atoms with E-state index in [1.165, 1.54) is 10.5 Å². The van der Waals surface area contributed by atoms with Crippen LogP contribution >= 0.6 is 23.1 Å². The summed E-state index contributed by atoms with van der Waals surface area (Å²) in [4.78, 5) is 21.2. The number of ether oxygens (including phenoxy) is 1. The molecule has 1 unspecified atom stereocenters. The summed E-state index contributed by atoms with van der Waals surface area (Å²) in [6, 6.07) is 12.1. The molecule has 1 aliphatic rings. The summed E-state index contributed by atoms with van der Waals surface area (Å²) >= 11 is 3.29. The molecule has 0 aliphatic carbocycles. The van der Waals surface area contributed by atoms with E-state index in [9.17, 15) is 4.79 Å². The summed E-state index contributed by atoms with van der Waals surface area (Å²) < 4.78 is 6.93. The van der Waals surface area contributed by atoms with E-state index in [4.69, 9.17) is 9.72 Å². The molecule has 4 nitrogen and oxygen atoms in total. The van der Waals surface area contributed by atoms with E-state index < -0.39 is 0 Å². The van der Waals surface area contributed by atoms with Crippen LogP contribution in [0.25, 0.3) is 10.2 Å². The number of carbonyl (C=O) groups excluding carboxylic acids is 1. The number of fused-ring (bicyclic) bond motifs is 1. The van der Waals surface area contributed by atoms with Crippen LogP contribution < -0.4 is 4.90 Å². The number of benzene rings is 2. The Morgan fingerprint density at radius 2 is 2.11 bits per heavy atom. The fraction of sp³-hybridized carbons (Fsp3) is 0.364. The predicted molar refractivity (Wildman–Crippen MR) is 118 cm³/mol. The van der Waals surface area contributed by atoms with Crippen LogP contribution in [0.4, 0.5) is 5.13 Å². The van der Waals surface area contributed by atoms with Crippen LogP contribution in [0.15, 0.2) is 41.3 Å². The molecule has 1 atom stereocenters. The molecule has 0 spiro atoms. The second-order valence-electron chi connectivity index (χ2n) is 7.18. The number of nitrogens with zero attached hydrogens (tertiary/aromatic N) is 2. The Labute approximate surface area is 173 Å². The fourth-order valence-electron chi connectivity index (χ4n) is 3.41. The van der Waals surface area contributed by atoms with Crippen LogP contribution in [0.1, 0.15) is 34.3 Å². The molecule has 0 saturated carbocycles. The van der Waals surface area contributed by atoms with Gasteiger partial charge in [-0.05, 0) is 74.4 Å². The molecule has 1 aliphatic heterocycles. The van der Waals surface area contributed by atoms with Crippen LogP contribution in [-0.4, -0.2) is 36.4 Å². The summed E-state index contributed by atoms with van der Waals surface area (Å²) in [7, 11) is 0. The van der Waals surface area contributed by atoms with Crippen LogP contribution in [0, 0.1) is 13.8 Å². The number of thiazole rings is 1. The second-order valence-corrected chi connectivity index (χ2v) is 9.07. The Bertz CT molecular complexity index is 1010. The average Bonchev–Trinajstić information content (AvgIpc) is 3.36. The number of carbonyl (C=O) groups is 1. The Morgan fingerprint density at radius 3 is 2.82 bits per heavy atom. The molecule has 1 amide bonds. The molecular formula is C22H24N2O2S2. The van der Waals surface area contributed by atoms with Crippen molar-refractivity contribution in [3.8, 4) is 0 Å². The molecule has 0 bridgehead atoms. The molecule has 1 saturated heterocycles. The molecule has 4 rings (SSSR count). The highest BCUT2D eigenvalue weighted by molar-refractivity contribution is 7.98. The Morgan fingerprint density at radius 1 is 1.25 bits per heavy atom. The first-order valence-electron chi connectivity index (χ1n) is 9.50. The van der Waals surface area contributed by atoms with Gasteiger partial charge in [-0.25, -0.2) is 4.98 Å². The monoisotopic (exact) mass is 412 g/mol. The molecule has 146 valence electrons. The molecule has 1 aromatic heterocycles. The Balaban J connectivity index is 1.72. The van der Waals surface area contributed by atoms with Gasteiger partial charge in [0.05, 0.1) is 22.9 Å². The van der Waals surface area contributed by atoms with E-state index in [-0.39, 0.29) is 12.0 Å². The van der Waals surface area contributed by atoms with Crippen molar-refractivity contribution in [3.63, 3.8) is 0 Å². The molecule has 0 radical (unpaired) electrons. The van der Waals surface area contributed by atoms with E-state index >= 15 is 0 Å². The van der Waals surface area contributed by atoms with E-state index in [2.05, 4.69) is 25.3 Å². The summed E-state index contributed by atoms with van der Waals surface area (Å²) in [5.74, 6) is -0.0113. The lowest BCUT2D eigenvalue weighted by Crippen LogP contribution is -2.37. The minimum absolute atomic E-state index is 0.0113. The van der Waals surface area contributed by atoms with Gasteiger partial charge in [0, 0.05) is 17.1 Å². The molecule has 0 N–H and O–H groups in total. The zero-order valence-corrected chi connectivity index (χ0v) is 18.0. The molecule has 28 heavy (non-hydrogen) atoms. The van der Waals surface area contributed by atoms with Gasteiger partial charge in [-0.15, -0.1) is 11.8 Å². The van der Waals surface area contributed by atoms with Crippen LogP contribution in [0.3, 0.4) is 0 Å². The Kier molecular flexibility index (Phi) is 5.71. The van der Waals surface area contributed by atoms with Gasteiger partial charge >= 0.3 is 0 Å². The largest absolute Gasteiger partial charge is 0.376 e. The minimum atomic E-state index is -0.0113. The number of thioether (sulfide) groups is 1. The number of hydrogen-bond acceptors (Lipinski definition) is 5. The number of aromatic nitrogens is 1. The summed E-state index contributed by atoms with van der Waals surface area (Å²) in [6.07, 6.45) is 4.17. The van der Waals surface area contributed by atoms with Crippen LogP contribution in [0.2, 0.25) is 0 Å². The van der Waals surface area contributed by atoms with Crippen molar-refractivity contribution in [2.24, 2.45) is 0 Å². The third kappa shape index (κ3) is 3.95. The number of anilines is 1. The standard InChI is InChI=1S/C22H24N2O2S2/c1-14-6-7-16(11-15(14)2)21(25)24(13-17-5-4-10-26-17)22-23-19-9-8-18(27-3)12-20(19)28-22/h6-9,11-12,17H,4-5,10,13H2,1-3H3. The van der Waals surface area contributed by atoms with Crippen molar-refractivity contribution < 1.29 is 9.53 Å². The molecule has 1 fully saturated rings. The van der Waals surface area contributed by atoms with Gasteiger partial charge in [0.25, 0.3) is 5.91 Å². The molecule has 2 heterocycles. The van der Waals surface area contributed by atoms with Crippen molar-refractivity contribution in [1.29, 1.82) is 0 Å². The summed E-state index contributed by atoms with van der Waals surface area (Å²) in [6.45, 7) is 5.41. The highest BCUT2D eigenvalue weighted by Crippen LogP contribution is 2.33. The number of hydrogen-bond donors (Lipinski definition) is 0. The molecule has 2 aromatic carbocycles. The van der Waals surface area contributed by atoms with Crippen molar-refractivity contribution in [2.75, 3.05) is 24.3 Å². The maximum absolute atomic E-state index is 13.4. The van der Waals surface area contributed by atoms with Gasteiger partial charge in [0.15, 0.2) is 5.13 Å². The van der Waals surface area contributed by atoms with Crippen molar-refractivity contribution >= 4 is 44.4 Å². The van der Waals surface area contributed by atoms with Gasteiger partial charge in [-0.3, -0.25) is 9.69 Å². The lowest BCUT2D eigenvalue weighted by molar-refractivity contribution is 0.0917. The quantitative estimate of drug-likeness (QED) is 0.522. The van der Waals surface area contributed by atoms with Crippen molar-refractivity contribution in [1.82, 2.24) is 4.98 Å². The third-order valence-electron chi connectivity index (χ3n) is 5.22. The average molecular weight is 413 g/mol. The zero-order valence-electron chi connectivity index (χ0n) is 16.4. The van der Waals surface area contributed by atoms with Crippen LogP contribution in [-0.2, 0) is 4.74 Å². The topological polar surface area (TPSA) is 42.4 Å². The number of aryl methyl sites for hydroxylation is 2. The maximum atomic E-state index is 13.4. The molecule has 6 heteroatoms. The lowest BCUT2D eigenvalue weighted by atomic mass is 10.1. The van der Waals surface area contributed by atoms with Gasteiger partial charge in [0.2, 0.25) is 0 Å². The summed E-state index contributed by atoms with van der Waals surface area (Å²) in [5, 5.41) is 0.743. The van der Waals surface area contributed by atoms with Gasteiger partial charge in [0.1, 0.15) is 0 Å². The second kappa shape index (κ2) is 8.23. The first kappa shape index (κ1) is 19.4. The SMILES string of the molecule is CSc1ccc2nc(N(CC3CCCO3)C(=O)c3ccc(C)c(C)c3)sc2c1. The highest BCUT2D eigenvalue weighted by atomic mass is 32.2. The first-order valence-corrected chi connectivity index (χ1v) is 11.5. The van der Waals surface area contributed by atoms with Gasteiger partial charge in [-0.1, -0.05) is 17.4 Å². The predicted octanol–water partition coefficient (Wildman–Crippen LogP) is 5.46. The number of amides is 1. The number of rotatable bonds is 5. The van der Waals surface area contributed by atoms with Crippen molar-refractivity contribution in [3.05, 3.63) is 53.1 Å². The minimum Gasteiger partial charge on any atom is -0.376 e. The normalized spacial score (nSPS) is 16.6. The molecular weight excluding hydrogens is 388 g/mol. The first-order chi connectivity index (χ1) is 13.5. The maximum Gasteiger partial charge on any atom is 0.260 e. The van der Waals surface area contributed by atoms with E-state index in [0.717, 1.165) is 40.4 Å². The smallest absolute Gasteiger partial charge is 0.260 e. The summed E-state index contributed by atoms with van der Waals surface area (Å²) in [5.41, 5.74) is 3.94. The van der Waals surface area contributed by atoms with Crippen LogP contribution in [0.5, 0.6) is 0 Å². The van der Waals surface area contributed by atoms with E-state index in [1.807, 2.05) is 36.1 Å². The van der Waals surface area contributed by atoms with Crippen molar-refractivity contribution in [2.45, 2.75) is 37.7 Å². The molecule has 3 aromatic rings. The van der Waals surface area contributed by atoms with E-state index in [1.54, 1.807) is 23.1 Å². The highest BCUT2D eigenvalue weighted by Gasteiger charge is 2.27. The Hall–Kier alpha value is -1.89. The third-order valence-corrected chi connectivity index (χ3v) is 6.99. The zero-order chi connectivity index (χ0) is 19.7.